The van der Waals surface area contributed by atoms with Crippen LogP contribution in [0.3, 0.4) is 0 Å². The molecule has 90 valence electrons. The van der Waals surface area contributed by atoms with Crippen LogP contribution in [0.1, 0.15) is 25.5 Å². The maximum atomic E-state index is 5.44. The summed E-state index contributed by atoms with van der Waals surface area (Å²) in [4.78, 5) is 2.52. The Balaban J connectivity index is 1.68. The smallest absolute Gasteiger partial charge is 0.169 e. The van der Waals surface area contributed by atoms with Crippen LogP contribution in [-0.4, -0.2) is 30.6 Å². The van der Waals surface area contributed by atoms with Crippen molar-refractivity contribution in [1.82, 2.24) is 10.2 Å². The molecular formula is C12H19BrN2O. The molecule has 0 bridgehead atoms. The number of halogens is 1. The largest absolute Gasteiger partial charge is 0.453 e. The van der Waals surface area contributed by atoms with E-state index in [2.05, 4.69) is 33.1 Å². The molecule has 0 amide bonds. The zero-order valence-corrected chi connectivity index (χ0v) is 11.3. The van der Waals surface area contributed by atoms with E-state index in [0.29, 0.717) is 6.04 Å². The van der Waals surface area contributed by atoms with Crippen molar-refractivity contribution >= 4 is 15.9 Å². The van der Waals surface area contributed by atoms with E-state index in [1.807, 2.05) is 12.1 Å². The average Bonchev–Trinajstić information content (AvgIpc) is 2.87. The van der Waals surface area contributed by atoms with Crippen molar-refractivity contribution in [2.45, 2.75) is 32.4 Å². The van der Waals surface area contributed by atoms with Crippen LogP contribution in [-0.2, 0) is 6.54 Å². The SMILES string of the molecule is CC(CN1CCCC1)NCc1ccc(Br)o1. The van der Waals surface area contributed by atoms with Gasteiger partial charge >= 0.3 is 0 Å². The summed E-state index contributed by atoms with van der Waals surface area (Å²) in [6, 6.07) is 4.45. The highest BCUT2D eigenvalue weighted by Crippen LogP contribution is 2.14. The Morgan fingerprint density at radius 2 is 2.19 bits per heavy atom. The summed E-state index contributed by atoms with van der Waals surface area (Å²) < 4.78 is 6.25. The van der Waals surface area contributed by atoms with Crippen molar-refractivity contribution in [3.8, 4) is 0 Å². The molecule has 1 saturated heterocycles. The highest BCUT2D eigenvalue weighted by Gasteiger charge is 2.14. The van der Waals surface area contributed by atoms with Crippen molar-refractivity contribution in [3.05, 3.63) is 22.6 Å². The number of hydrogen-bond donors (Lipinski definition) is 1. The van der Waals surface area contributed by atoms with E-state index in [4.69, 9.17) is 4.42 Å². The van der Waals surface area contributed by atoms with Gasteiger partial charge < -0.3 is 14.6 Å². The van der Waals surface area contributed by atoms with E-state index in [-0.39, 0.29) is 0 Å². The van der Waals surface area contributed by atoms with Gasteiger partial charge in [-0.25, -0.2) is 0 Å². The van der Waals surface area contributed by atoms with E-state index in [1.54, 1.807) is 0 Å². The molecule has 0 saturated carbocycles. The third-order valence-corrected chi connectivity index (χ3v) is 3.41. The quantitative estimate of drug-likeness (QED) is 0.902. The van der Waals surface area contributed by atoms with Crippen molar-refractivity contribution in [3.63, 3.8) is 0 Å². The monoisotopic (exact) mass is 286 g/mol. The molecule has 0 aromatic carbocycles. The van der Waals surface area contributed by atoms with Gasteiger partial charge in [0.25, 0.3) is 0 Å². The van der Waals surface area contributed by atoms with Crippen molar-refractivity contribution in [1.29, 1.82) is 0 Å². The van der Waals surface area contributed by atoms with Crippen molar-refractivity contribution in [2.24, 2.45) is 0 Å². The fraction of sp³-hybridized carbons (Fsp3) is 0.667. The van der Waals surface area contributed by atoms with Crippen LogP contribution in [0.25, 0.3) is 0 Å². The fourth-order valence-electron chi connectivity index (χ4n) is 2.14. The Labute approximate surface area is 105 Å². The first kappa shape index (κ1) is 12.1. The highest BCUT2D eigenvalue weighted by molar-refractivity contribution is 9.10. The minimum absolute atomic E-state index is 0.516. The van der Waals surface area contributed by atoms with Crippen molar-refractivity contribution < 1.29 is 4.42 Å². The molecular weight excluding hydrogens is 268 g/mol. The van der Waals surface area contributed by atoms with Gasteiger partial charge in [-0.05, 0) is 60.9 Å². The van der Waals surface area contributed by atoms with Gasteiger partial charge in [0, 0.05) is 12.6 Å². The highest BCUT2D eigenvalue weighted by atomic mass is 79.9. The second kappa shape index (κ2) is 5.84. The second-order valence-electron chi connectivity index (χ2n) is 4.50. The average molecular weight is 287 g/mol. The molecule has 1 N–H and O–H groups in total. The first-order valence-corrected chi connectivity index (χ1v) is 6.73. The lowest BCUT2D eigenvalue weighted by atomic mass is 10.3. The maximum Gasteiger partial charge on any atom is 0.169 e. The molecule has 1 aliphatic heterocycles. The van der Waals surface area contributed by atoms with Crippen LogP contribution >= 0.6 is 15.9 Å². The van der Waals surface area contributed by atoms with Crippen LogP contribution in [0, 0.1) is 0 Å². The molecule has 1 unspecified atom stereocenters. The zero-order valence-electron chi connectivity index (χ0n) is 9.71. The van der Waals surface area contributed by atoms with E-state index < -0.39 is 0 Å². The van der Waals surface area contributed by atoms with E-state index in [0.717, 1.165) is 23.5 Å². The molecule has 1 atom stereocenters. The number of nitrogens with one attached hydrogen (secondary N) is 1. The number of nitrogens with zero attached hydrogens (tertiary/aromatic N) is 1. The van der Waals surface area contributed by atoms with Crippen LogP contribution in [0.4, 0.5) is 0 Å². The summed E-state index contributed by atoms with van der Waals surface area (Å²) in [5.74, 6) is 0.986. The summed E-state index contributed by atoms with van der Waals surface area (Å²) in [5.41, 5.74) is 0. The van der Waals surface area contributed by atoms with E-state index in [1.165, 1.54) is 25.9 Å². The van der Waals surface area contributed by atoms with Crippen LogP contribution < -0.4 is 5.32 Å². The topological polar surface area (TPSA) is 28.4 Å². The molecule has 16 heavy (non-hydrogen) atoms. The van der Waals surface area contributed by atoms with Gasteiger partial charge in [-0.1, -0.05) is 0 Å². The molecule has 1 aliphatic rings. The second-order valence-corrected chi connectivity index (χ2v) is 5.28. The van der Waals surface area contributed by atoms with Gasteiger partial charge in [0.1, 0.15) is 5.76 Å². The standard InChI is InChI=1S/C12H19BrN2O/c1-10(9-15-6-2-3-7-15)14-8-11-4-5-12(13)16-11/h4-5,10,14H,2-3,6-9H2,1H3. The van der Waals surface area contributed by atoms with Gasteiger partial charge in [0.15, 0.2) is 4.67 Å². The lowest BCUT2D eigenvalue weighted by Gasteiger charge is -2.20. The summed E-state index contributed by atoms with van der Waals surface area (Å²) in [5, 5.41) is 3.48. The van der Waals surface area contributed by atoms with E-state index >= 15 is 0 Å². The Morgan fingerprint density at radius 1 is 1.44 bits per heavy atom. The van der Waals surface area contributed by atoms with Gasteiger partial charge in [0.2, 0.25) is 0 Å². The van der Waals surface area contributed by atoms with Crippen molar-refractivity contribution in [2.75, 3.05) is 19.6 Å². The first-order valence-electron chi connectivity index (χ1n) is 5.94. The van der Waals surface area contributed by atoms with Gasteiger partial charge in [0.05, 0.1) is 6.54 Å². The summed E-state index contributed by atoms with van der Waals surface area (Å²) in [6.45, 7) is 6.70. The predicted molar refractivity (Wildman–Crippen MR) is 68.4 cm³/mol. The Morgan fingerprint density at radius 3 is 2.81 bits per heavy atom. The van der Waals surface area contributed by atoms with Crippen LogP contribution in [0.5, 0.6) is 0 Å². The van der Waals surface area contributed by atoms with Crippen LogP contribution in [0.2, 0.25) is 0 Å². The third-order valence-electron chi connectivity index (χ3n) is 2.98. The number of likely N-dealkylation sites (tertiary alicyclic amines) is 1. The van der Waals surface area contributed by atoms with Gasteiger partial charge in [-0.2, -0.15) is 0 Å². The fourth-order valence-corrected chi connectivity index (χ4v) is 2.48. The summed E-state index contributed by atoms with van der Waals surface area (Å²) in [6.07, 6.45) is 2.72. The molecule has 0 spiro atoms. The molecule has 1 aromatic heterocycles. The maximum absolute atomic E-state index is 5.44. The molecule has 0 radical (unpaired) electrons. The van der Waals surface area contributed by atoms with Gasteiger partial charge in [-0.15, -0.1) is 0 Å². The lowest BCUT2D eigenvalue weighted by molar-refractivity contribution is 0.294. The molecule has 2 rings (SSSR count). The zero-order chi connectivity index (χ0) is 11.4. The van der Waals surface area contributed by atoms with Crippen LogP contribution in [0.15, 0.2) is 21.2 Å². The summed E-state index contributed by atoms with van der Waals surface area (Å²) >= 11 is 3.31. The molecule has 0 aliphatic carbocycles. The number of rotatable bonds is 5. The molecule has 1 aromatic rings. The molecule has 1 fully saturated rings. The number of furan rings is 1. The first-order chi connectivity index (χ1) is 7.74. The Hall–Kier alpha value is -0.320. The summed E-state index contributed by atoms with van der Waals surface area (Å²) in [7, 11) is 0. The normalized spacial score (nSPS) is 19.1. The van der Waals surface area contributed by atoms with Gasteiger partial charge in [-0.3, -0.25) is 0 Å². The Kier molecular flexibility index (Phi) is 4.44. The Bertz CT molecular complexity index is 321. The predicted octanol–water partition coefficient (Wildman–Crippen LogP) is 2.62. The molecule has 4 heteroatoms. The minimum atomic E-state index is 0.516. The number of hydrogen-bond acceptors (Lipinski definition) is 3. The lowest BCUT2D eigenvalue weighted by Crippen LogP contribution is -2.37. The van der Waals surface area contributed by atoms with E-state index in [9.17, 15) is 0 Å². The minimum Gasteiger partial charge on any atom is -0.453 e. The molecule has 2 heterocycles. The third kappa shape index (κ3) is 3.61. The molecule has 3 nitrogen and oxygen atoms in total.